The van der Waals surface area contributed by atoms with Crippen LogP contribution in [0.2, 0.25) is 0 Å². The Kier molecular flexibility index (Phi) is 3.48. The molecule has 20 heavy (non-hydrogen) atoms. The minimum atomic E-state index is -1.01. The molecule has 0 saturated heterocycles. The van der Waals surface area contributed by atoms with Gasteiger partial charge in [0.2, 0.25) is 5.82 Å². The molecule has 0 atom stereocenters. The van der Waals surface area contributed by atoms with Crippen LogP contribution in [0.5, 0.6) is 5.75 Å². The Hall–Kier alpha value is -2.19. The Bertz CT molecular complexity index is 717. The lowest BCUT2D eigenvalue weighted by molar-refractivity contribution is 0.0697. The van der Waals surface area contributed by atoms with Crippen LogP contribution >= 0.6 is 22.7 Å². The Morgan fingerprint density at radius 1 is 1.35 bits per heavy atom. The van der Waals surface area contributed by atoms with E-state index in [4.69, 9.17) is 14.4 Å². The second-order valence-electron chi connectivity index (χ2n) is 3.70. The van der Waals surface area contributed by atoms with E-state index in [1.165, 1.54) is 11.3 Å². The molecule has 0 aliphatic carbocycles. The molecule has 0 bridgehead atoms. The number of carboxylic acids is 1. The van der Waals surface area contributed by atoms with Gasteiger partial charge in [0.1, 0.15) is 5.75 Å². The highest BCUT2D eigenvalue weighted by Crippen LogP contribution is 2.26. The van der Waals surface area contributed by atoms with Crippen molar-refractivity contribution in [1.29, 1.82) is 0 Å². The summed E-state index contributed by atoms with van der Waals surface area (Å²) in [5, 5.41) is 16.3. The van der Waals surface area contributed by atoms with E-state index in [0.29, 0.717) is 17.5 Å². The minimum absolute atomic E-state index is 0.0614. The van der Waals surface area contributed by atoms with Gasteiger partial charge in [-0.2, -0.15) is 4.98 Å². The Morgan fingerprint density at radius 2 is 2.25 bits per heavy atom. The highest BCUT2D eigenvalue weighted by Gasteiger charge is 2.15. The molecule has 0 aliphatic heterocycles. The predicted molar refractivity (Wildman–Crippen MR) is 73.2 cm³/mol. The molecular formula is C12H8N2O4S2. The molecule has 3 aromatic heterocycles. The van der Waals surface area contributed by atoms with Gasteiger partial charge in [0, 0.05) is 0 Å². The fourth-order valence-corrected chi connectivity index (χ4v) is 2.84. The van der Waals surface area contributed by atoms with Crippen LogP contribution in [-0.2, 0) is 6.61 Å². The Labute approximate surface area is 121 Å². The number of hydrogen-bond acceptors (Lipinski definition) is 7. The van der Waals surface area contributed by atoms with Crippen LogP contribution in [0.25, 0.3) is 10.8 Å². The summed E-state index contributed by atoms with van der Waals surface area (Å²) in [7, 11) is 0. The SMILES string of the molecule is O=C(O)c1sccc1OCc1noc(-c2cccs2)n1. The van der Waals surface area contributed by atoms with Crippen molar-refractivity contribution in [1.82, 2.24) is 10.1 Å². The fraction of sp³-hybridized carbons (Fsp3) is 0.0833. The van der Waals surface area contributed by atoms with Crippen molar-refractivity contribution in [3.63, 3.8) is 0 Å². The molecule has 0 unspecified atom stereocenters. The maximum atomic E-state index is 10.9. The van der Waals surface area contributed by atoms with Crippen molar-refractivity contribution in [2.45, 2.75) is 6.61 Å². The number of nitrogens with zero attached hydrogens (tertiary/aromatic N) is 2. The summed E-state index contributed by atoms with van der Waals surface area (Å²) in [6, 6.07) is 5.38. The third-order valence-corrected chi connectivity index (χ3v) is 4.12. The number of aromatic nitrogens is 2. The van der Waals surface area contributed by atoms with Gasteiger partial charge in [-0.3, -0.25) is 0 Å². The third kappa shape index (κ3) is 2.56. The fourth-order valence-electron chi connectivity index (χ4n) is 1.52. The standard InChI is InChI=1S/C12H8N2O4S2/c15-12(16)10-7(3-5-20-10)17-6-9-13-11(18-14-9)8-2-1-4-19-8/h1-5H,6H2,(H,15,16). The number of carboxylic acid groups (broad SMARTS) is 1. The van der Waals surface area contributed by atoms with Crippen molar-refractivity contribution < 1.29 is 19.2 Å². The van der Waals surface area contributed by atoms with Crippen LogP contribution < -0.4 is 4.74 Å². The molecular weight excluding hydrogens is 300 g/mol. The average molecular weight is 308 g/mol. The Morgan fingerprint density at radius 3 is 3.00 bits per heavy atom. The van der Waals surface area contributed by atoms with E-state index in [1.807, 2.05) is 17.5 Å². The van der Waals surface area contributed by atoms with Crippen LogP contribution in [-0.4, -0.2) is 21.2 Å². The zero-order valence-electron chi connectivity index (χ0n) is 9.98. The first-order valence-corrected chi connectivity index (χ1v) is 7.30. The van der Waals surface area contributed by atoms with E-state index in [9.17, 15) is 4.79 Å². The van der Waals surface area contributed by atoms with E-state index >= 15 is 0 Å². The molecule has 0 saturated carbocycles. The van der Waals surface area contributed by atoms with Gasteiger partial charge in [-0.05, 0) is 22.9 Å². The third-order valence-electron chi connectivity index (χ3n) is 2.38. The van der Waals surface area contributed by atoms with Crippen molar-refractivity contribution in [2.24, 2.45) is 0 Å². The van der Waals surface area contributed by atoms with Gasteiger partial charge in [-0.15, -0.1) is 22.7 Å². The van der Waals surface area contributed by atoms with Crippen molar-refractivity contribution >= 4 is 28.6 Å². The van der Waals surface area contributed by atoms with Crippen LogP contribution in [0.4, 0.5) is 0 Å². The van der Waals surface area contributed by atoms with Gasteiger partial charge in [-0.1, -0.05) is 11.2 Å². The van der Waals surface area contributed by atoms with E-state index in [1.54, 1.807) is 11.4 Å². The van der Waals surface area contributed by atoms with Gasteiger partial charge < -0.3 is 14.4 Å². The van der Waals surface area contributed by atoms with E-state index < -0.39 is 5.97 Å². The molecule has 8 heteroatoms. The zero-order chi connectivity index (χ0) is 13.9. The molecule has 0 aliphatic rings. The maximum Gasteiger partial charge on any atom is 0.349 e. The topological polar surface area (TPSA) is 85.5 Å². The van der Waals surface area contributed by atoms with Crippen LogP contribution in [0.15, 0.2) is 33.5 Å². The maximum absolute atomic E-state index is 10.9. The summed E-state index contributed by atoms with van der Waals surface area (Å²) in [6.45, 7) is 0.0614. The molecule has 0 fully saturated rings. The van der Waals surface area contributed by atoms with E-state index in [-0.39, 0.29) is 11.5 Å². The van der Waals surface area contributed by atoms with Crippen molar-refractivity contribution in [3.8, 4) is 16.5 Å². The summed E-state index contributed by atoms with van der Waals surface area (Å²) in [4.78, 5) is 16.2. The lowest BCUT2D eigenvalue weighted by atomic mass is 10.4. The van der Waals surface area contributed by atoms with Gasteiger partial charge in [0.25, 0.3) is 5.89 Å². The first kappa shape index (κ1) is 12.8. The highest BCUT2D eigenvalue weighted by atomic mass is 32.1. The summed E-state index contributed by atoms with van der Waals surface area (Å²) >= 11 is 2.61. The van der Waals surface area contributed by atoms with E-state index in [0.717, 1.165) is 16.2 Å². The second kappa shape index (κ2) is 5.43. The molecule has 3 aromatic rings. The van der Waals surface area contributed by atoms with Crippen molar-refractivity contribution in [3.05, 3.63) is 39.7 Å². The van der Waals surface area contributed by atoms with Crippen molar-refractivity contribution in [2.75, 3.05) is 0 Å². The quantitative estimate of drug-likeness (QED) is 0.779. The minimum Gasteiger partial charge on any atom is -0.484 e. The number of hydrogen-bond donors (Lipinski definition) is 1. The monoisotopic (exact) mass is 308 g/mol. The molecule has 0 radical (unpaired) electrons. The second-order valence-corrected chi connectivity index (χ2v) is 5.56. The predicted octanol–water partition coefficient (Wildman–Crippen LogP) is 3.14. The van der Waals surface area contributed by atoms with Crippen LogP contribution in [0.3, 0.4) is 0 Å². The average Bonchev–Trinajstić information content (AvgIpc) is 3.16. The van der Waals surface area contributed by atoms with E-state index in [2.05, 4.69) is 10.1 Å². The molecule has 3 heterocycles. The van der Waals surface area contributed by atoms with Gasteiger partial charge in [0.15, 0.2) is 11.5 Å². The molecule has 0 aromatic carbocycles. The van der Waals surface area contributed by atoms with Gasteiger partial charge in [0.05, 0.1) is 4.88 Å². The normalized spacial score (nSPS) is 10.6. The Balaban J connectivity index is 1.70. The summed E-state index contributed by atoms with van der Waals surface area (Å²) in [5.41, 5.74) is 0. The lowest BCUT2D eigenvalue weighted by Gasteiger charge is -2.01. The number of aromatic carboxylic acids is 1. The summed E-state index contributed by atoms with van der Waals surface area (Å²) < 4.78 is 10.5. The van der Waals surface area contributed by atoms with Gasteiger partial charge in [-0.25, -0.2) is 4.79 Å². The van der Waals surface area contributed by atoms with Gasteiger partial charge >= 0.3 is 5.97 Å². The lowest BCUT2D eigenvalue weighted by Crippen LogP contribution is -2.01. The van der Waals surface area contributed by atoms with Crippen LogP contribution in [0, 0.1) is 0 Å². The highest BCUT2D eigenvalue weighted by molar-refractivity contribution is 7.13. The number of ether oxygens (including phenoxy) is 1. The molecule has 0 spiro atoms. The summed E-state index contributed by atoms with van der Waals surface area (Å²) in [5.74, 6) is 0.102. The first-order chi connectivity index (χ1) is 9.74. The molecule has 1 N–H and O–H groups in total. The van der Waals surface area contributed by atoms with Crippen LogP contribution in [0.1, 0.15) is 15.5 Å². The largest absolute Gasteiger partial charge is 0.484 e. The molecule has 3 rings (SSSR count). The molecule has 102 valence electrons. The number of rotatable bonds is 5. The summed E-state index contributed by atoms with van der Waals surface area (Å²) in [6.07, 6.45) is 0. The number of carbonyl (C=O) groups is 1. The number of thiophene rings is 2. The molecule has 0 amide bonds. The smallest absolute Gasteiger partial charge is 0.349 e. The first-order valence-electron chi connectivity index (χ1n) is 5.54. The molecule has 6 nitrogen and oxygen atoms in total. The zero-order valence-corrected chi connectivity index (χ0v) is 11.6.